The lowest BCUT2D eigenvalue weighted by atomic mass is 10.3. The van der Waals surface area contributed by atoms with E-state index in [9.17, 15) is 4.79 Å². The Morgan fingerprint density at radius 1 is 1.39 bits per heavy atom. The number of nitrogens with zero attached hydrogens (tertiary/aromatic N) is 2. The summed E-state index contributed by atoms with van der Waals surface area (Å²) >= 11 is 0. The molecule has 0 atom stereocenters. The molecule has 5 heteroatoms. The summed E-state index contributed by atoms with van der Waals surface area (Å²) in [6, 6.07) is 10.1. The number of aromatic amines is 1. The van der Waals surface area contributed by atoms with Crippen molar-refractivity contribution in [3.8, 4) is 0 Å². The zero-order valence-corrected chi connectivity index (χ0v) is 10.3. The van der Waals surface area contributed by atoms with E-state index in [1.54, 1.807) is 6.20 Å². The minimum Gasteiger partial charge on any atom is -0.373 e. The van der Waals surface area contributed by atoms with Crippen molar-refractivity contribution in [2.75, 3.05) is 25.0 Å². The number of para-hydroxylation sites is 1. The van der Waals surface area contributed by atoms with E-state index >= 15 is 0 Å². The van der Waals surface area contributed by atoms with Crippen LogP contribution in [-0.2, 0) is 0 Å². The van der Waals surface area contributed by atoms with Crippen LogP contribution in [0.25, 0.3) is 0 Å². The molecule has 1 amide bonds. The second-order valence-electron chi connectivity index (χ2n) is 4.00. The Kier molecular flexibility index (Phi) is 3.96. The van der Waals surface area contributed by atoms with Crippen molar-refractivity contribution in [2.24, 2.45) is 0 Å². The molecule has 2 rings (SSSR count). The molecule has 0 radical (unpaired) electrons. The summed E-state index contributed by atoms with van der Waals surface area (Å²) in [6.07, 6.45) is 3.09. The minimum absolute atomic E-state index is 0.106. The summed E-state index contributed by atoms with van der Waals surface area (Å²) < 4.78 is 0. The molecule has 94 valence electrons. The van der Waals surface area contributed by atoms with Crippen LogP contribution in [0.2, 0.25) is 0 Å². The third kappa shape index (κ3) is 3.10. The predicted octanol–water partition coefficient (Wildman–Crippen LogP) is 1.28. The first-order valence-corrected chi connectivity index (χ1v) is 5.80. The van der Waals surface area contributed by atoms with Crippen molar-refractivity contribution < 1.29 is 4.79 Å². The summed E-state index contributed by atoms with van der Waals surface area (Å²) in [5.41, 5.74) is 1.69. The van der Waals surface area contributed by atoms with Gasteiger partial charge in [-0.05, 0) is 12.1 Å². The van der Waals surface area contributed by atoms with Gasteiger partial charge in [-0.15, -0.1) is 0 Å². The smallest absolute Gasteiger partial charge is 0.254 e. The fourth-order valence-corrected chi connectivity index (χ4v) is 1.63. The number of carbonyl (C=O) groups excluding carboxylic acids is 1. The monoisotopic (exact) mass is 244 g/mol. The van der Waals surface area contributed by atoms with Crippen molar-refractivity contribution in [1.29, 1.82) is 0 Å². The van der Waals surface area contributed by atoms with Crippen molar-refractivity contribution in [3.05, 3.63) is 48.3 Å². The molecule has 0 spiro atoms. The summed E-state index contributed by atoms with van der Waals surface area (Å²) in [4.78, 5) is 13.7. The number of anilines is 1. The lowest BCUT2D eigenvalue weighted by Crippen LogP contribution is -2.32. The van der Waals surface area contributed by atoms with Gasteiger partial charge in [-0.1, -0.05) is 18.2 Å². The summed E-state index contributed by atoms with van der Waals surface area (Å²) in [5, 5.41) is 9.20. The highest BCUT2D eigenvalue weighted by Crippen LogP contribution is 2.09. The molecule has 0 saturated heterocycles. The molecule has 1 aromatic carbocycles. The molecule has 5 nitrogen and oxygen atoms in total. The summed E-state index contributed by atoms with van der Waals surface area (Å²) in [7, 11) is 2.00. The van der Waals surface area contributed by atoms with Crippen molar-refractivity contribution in [1.82, 2.24) is 15.5 Å². The van der Waals surface area contributed by atoms with Crippen molar-refractivity contribution in [2.45, 2.75) is 0 Å². The highest BCUT2D eigenvalue weighted by molar-refractivity contribution is 5.93. The zero-order valence-electron chi connectivity index (χ0n) is 10.3. The Labute approximate surface area is 106 Å². The Hall–Kier alpha value is -2.30. The van der Waals surface area contributed by atoms with Gasteiger partial charge in [-0.3, -0.25) is 9.89 Å². The average Bonchev–Trinajstić information content (AvgIpc) is 2.93. The van der Waals surface area contributed by atoms with Gasteiger partial charge in [0.25, 0.3) is 5.91 Å². The summed E-state index contributed by atoms with van der Waals surface area (Å²) in [6.45, 7) is 1.35. The van der Waals surface area contributed by atoms with Crippen molar-refractivity contribution in [3.63, 3.8) is 0 Å². The fraction of sp³-hybridized carbons (Fsp3) is 0.231. The third-order valence-electron chi connectivity index (χ3n) is 2.69. The molecule has 18 heavy (non-hydrogen) atoms. The number of benzene rings is 1. The maximum absolute atomic E-state index is 11.6. The molecular formula is C13H16N4O. The highest BCUT2D eigenvalue weighted by atomic mass is 16.1. The number of hydrogen-bond donors (Lipinski definition) is 2. The van der Waals surface area contributed by atoms with Crippen LogP contribution in [0.1, 0.15) is 10.4 Å². The number of rotatable bonds is 5. The maximum Gasteiger partial charge on any atom is 0.254 e. The number of hydrogen-bond acceptors (Lipinski definition) is 3. The fourth-order valence-electron chi connectivity index (χ4n) is 1.63. The van der Waals surface area contributed by atoms with Gasteiger partial charge in [0.05, 0.1) is 11.8 Å². The van der Waals surface area contributed by atoms with E-state index in [1.165, 1.54) is 6.20 Å². The number of carbonyl (C=O) groups is 1. The first-order valence-electron chi connectivity index (χ1n) is 5.80. The SMILES string of the molecule is CN(CCNC(=O)c1cn[nH]c1)c1ccccc1. The van der Waals surface area contributed by atoms with Crippen molar-refractivity contribution >= 4 is 11.6 Å². The molecular weight excluding hydrogens is 228 g/mol. The minimum atomic E-state index is -0.106. The maximum atomic E-state index is 11.6. The Balaban J connectivity index is 1.77. The van der Waals surface area contributed by atoms with Crippen LogP contribution in [0.4, 0.5) is 5.69 Å². The molecule has 1 heterocycles. The third-order valence-corrected chi connectivity index (χ3v) is 2.69. The van der Waals surface area contributed by atoms with E-state index < -0.39 is 0 Å². The van der Waals surface area contributed by atoms with E-state index in [4.69, 9.17) is 0 Å². The molecule has 1 aromatic heterocycles. The molecule has 0 aliphatic carbocycles. The molecule has 0 aliphatic rings. The number of aromatic nitrogens is 2. The second kappa shape index (κ2) is 5.86. The zero-order chi connectivity index (χ0) is 12.8. The van der Waals surface area contributed by atoms with E-state index in [0.717, 1.165) is 12.2 Å². The first-order chi connectivity index (χ1) is 8.77. The Bertz CT molecular complexity index is 481. The lowest BCUT2D eigenvalue weighted by Gasteiger charge is -2.19. The van der Waals surface area contributed by atoms with Gasteiger partial charge in [0.15, 0.2) is 0 Å². The second-order valence-corrected chi connectivity index (χ2v) is 4.00. The number of amides is 1. The van der Waals surface area contributed by atoms with Gasteiger partial charge >= 0.3 is 0 Å². The van der Waals surface area contributed by atoms with Gasteiger partial charge in [0.1, 0.15) is 0 Å². The molecule has 0 aliphatic heterocycles. The standard InChI is InChI=1S/C13H16N4O/c1-17(12-5-3-2-4-6-12)8-7-14-13(18)11-9-15-16-10-11/h2-6,9-10H,7-8H2,1H3,(H,14,18)(H,15,16). The normalized spacial score (nSPS) is 10.1. The topological polar surface area (TPSA) is 61.0 Å². The van der Waals surface area contributed by atoms with Gasteiger partial charge in [-0.25, -0.2) is 0 Å². The number of nitrogens with one attached hydrogen (secondary N) is 2. The Morgan fingerprint density at radius 3 is 2.83 bits per heavy atom. The largest absolute Gasteiger partial charge is 0.373 e. The van der Waals surface area contributed by atoms with Crippen LogP contribution in [0, 0.1) is 0 Å². The molecule has 0 fully saturated rings. The van der Waals surface area contributed by atoms with Crippen LogP contribution < -0.4 is 10.2 Å². The highest BCUT2D eigenvalue weighted by Gasteiger charge is 2.06. The van der Waals surface area contributed by atoms with Crippen LogP contribution in [0.5, 0.6) is 0 Å². The van der Waals surface area contributed by atoms with E-state index in [2.05, 4.69) is 20.4 Å². The quantitative estimate of drug-likeness (QED) is 0.832. The lowest BCUT2D eigenvalue weighted by molar-refractivity contribution is 0.0955. The van der Waals surface area contributed by atoms with Gasteiger partial charge in [0, 0.05) is 32.0 Å². The van der Waals surface area contributed by atoms with Crippen LogP contribution in [0.3, 0.4) is 0 Å². The van der Waals surface area contributed by atoms with Gasteiger partial charge in [-0.2, -0.15) is 5.10 Å². The van der Waals surface area contributed by atoms with Gasteiger partial charge < -0.3 is 10.2 Å². The van der Waals surface area contributed by atoms with Crippen LogP contribution in [-0.4, -0.2) is 36.2 Å². The molecule has 2 aromatic rings. The molecule has 0 unspecified atom stereocenters. The van der Waals surface area contributed by atoms with Crippen LogP contribution in [0.15, 0.2) is 42.7 Å². The van der Waals surface area contributed by atoms with E-state index in [-0.39, 0.29) is 5.91 Å². The van der Waals surface area contributed by atoms with E-state index in [1.807, 2.05) is 37.4 Å². The number of H-pyrrole nitrogens is 1. The first kappa shape index (κ1) is 12.2. The Morgan fingerprint density at radius 2 is 2.17 bits per heavy atom. The van der Waals surface area contributed by atoms with Gasteiger partial charge in [0.2, 0.25) is 0 Å². The number of likely N-dealkylation sites (N-methyl/N-ethyl adjacent to an activating group) is 1. The molecule has 0 bridgehead atoms. The average molecular weight is 244 g/mol. The van der Waals surface area contributed by atoms with Crippen LogP contribution >= 0.6 is 0 Å². The van der Waals surface area contributed by atoms with E-state index in [0.29, 0.717) is 12.1 Å². The summed E-state index contributed by atoms with van der Waals surface area (Å²) in [5.74, 6) is -0.106. The molecule has 2 N–H and O–H groups in total. The predicted molar refractivity (Wildman–Crippen MR) is 70.6 cm³/mol. The molecule has 0 saturated carbocycles.